The molecule has 0 aromatic carbocycles. The van der Waals surface area contributed by atoms with Crippen molar-refractivity contribution in [3.63, 3.8) is 0 Å². The SMILES string of the molecule is CC(C)N1CCC(CC(=O)N2CCN(Cc3nccn3C)CC2)CC1. The van der Waals surface area contributed by atoms with Crippen LogP contribution in [-0.2, 0) is 18.4 Å². The average Bonchev–Trinajstić information content (AvgIpc) is 3.01. The van der Waals surface area contributed by atoms with E-state index < -0.39 is 0 Å². The first-order valence-electron chi connectivity index (χ1n) is 9.73. The molecule has 2 aliphatic rings. The highest BCUT2D eigenvalue weighted by atomic mass is 16.2. The van der Waals surface area contributed by atoms with Gasteiger partial charge in [-0.25, -0.2) is 4.98 Å². The molecule has 3 rings (SSSR count). The summed E-state index contributed by atoms with van der Waals surface area (Å²) in [5.41, 5.74) is 0. The molecule has 140 valence electrons. The highest BCUT2D eigenvalue weighted by molar-refractivity contribution is 5.76. The molecular formula is C19H33N5O. The first-order valence-corrected chi connectivity index (χ1v) is 9.73. The van der Waals surface area contributed by atoms with E-state index in [4.69, 9.17) is 0 Å². The van der Waals surface area contributed by atoms with Gasteiger partial charge in [0.05, 0.1) is 6.54 Å². The normalized spacial score (nSPS) is 21.2. The molecule has 0 N–H and O–H groups in total. The second-order valence-electron chi connectivity index (χ2n) is 7.89. The van der Waals surface area contributed by atoms with Crippen LogP contribution >= 0.6 is 0 Å². The monoisotopic (exact) mass is 347 g/mol. The van der Waals surface area contributed by atoms with E-state index in [1.807, 2.05) is 19.4 Å². The Kier molecular flexibility index (Phi) is 6.12. The van der Waals surface area contributed by atoms with Crippen LogP contribution in [0.3, 0.4) is 0 Å². The maximum Gasteiger partial charge on any atom is 0.222 e. The van der Waals surface area contributed by atoms with Crippen molar-refractivity contribution in [3.8, 4) is 0 Å². The fourth-order valence-electron chi connectivity index (χ4n) is 3.95. The fraction of sp³-hybridized carbons (Fsp3) is 0.789. The lowest BCUT2D eigenvalue weighted by Crippen LogP contribution is -2.49. The van der Waals surface area contributed by atoms with Gasteiger partial charge < -0.3 is 14.4 Å². The van der Waals surface area contributed by atoms with Gasteiger partial charge in [-0.15, -0.1) is 0 Å². The number of aryl methyl sites for hydroxylation is 1. The number of aromatic nitrogens is 2. The van der Waals surface area contributed by atoms with Crippen molar-refractivity contribution in [1.29, 1.82) is 0 Å². The van der Waals surface area contributed by atoms with E-state index in [0.29, 0.717) is 17.9 Å². The zero-order valence-electron chi connectivity index (χ0n) is 16.0. The van der Waals surface area contributed by atoms with Crippen molar-refractivity contribution >= 4 is 5.91 Å². The zero-order chi connectivity index (χ0) is 17.8. The molecule has 25 heavy (non-hydrogen) atoms. The lowest BCUT2D eigenvalue weighted by atomic mass is 9.92. The van der Waals surface area contributed by atoms with Gasteiger partial charge in [-0.2, -0.15) is 0 Å². The minimum atomic E-state index is 0.361. The molecule has 0 saturated carbocycles. The van der Waals surface area contributed by atoms with Gasteiger partial charge >= 0.3 is 0 Å². The largest absolute Gasteiger partial charge is 0.340 e. The van der Waals surface area contributed by atoms with Crippen LogP contribution in [-0.4, -0.2) is 75.5 Å². The highest BCUT2D eigenvalue weighted by Gasteiger charge is 2.27. The van der Waals surface area contributed by atoms with Gasteiger partial charge in [0.1, 0.15) is 5.82 Å². The van der Waals surface area contributed by atoms with Crippen LogP contribution in [0.5, 0.6) is 0 Å². The highest BCUT2D eigenvalue weighted by Crippen LogP contribution is 2.23. The van der Waals surface area contributed by atoms with Crippen LogP contribution in [0.4, 0.5) is 0 Å². The van der Waals surface area contributed by atoms with E-state index in [2.05, 4.69) is 38.1 Å². The number of carbonyl (C=O) groups is 1. The van der Waals surface area contributed by atoms with Gasteiger partial charge in [-0.1, -0.05) is 0 Å². The van der Waals surface area contributed by atoms with Crippen LogP contribution < -0.4 is 0 Å². The minimum absolute atomic E-state index is 0.361. The molecule has 0 unspecified atom stereocenters. The second-order valence-corrected chi connectivity index (χ2v) is 7.89. The third kappa shape index (κ3) is 4.82. The standard InChI is InChI=1S/C19H33N5O/c1-16(2)23-7-4-17(5-8-23)14-19(25)24-12-10-22(11-13-24)15-18-20-6-9-21(18)3/h6,9,16-17H,4-5,7-8,10-15H2,1-3H3. The van der Waals surface area contributed by atoms with Crippen LogP contribution in [0.25, 0.3) is 0 Å². The van der Waals surface area contributed by atoms with Crippen molar-refractivity contribution < 1.29 is 4.79 Å². The number of imidazole rings is 1. The molecule has 1 aromatic heterocycles. The Hall–Kier alpha value is -1.40. The Bertz CT molecular complexity index is 554. The predicted octanol–water partition coefficient (Wildman–Crippen LogP) is 1.57. The Morgan fingerprint density at radius 3 is 2.40 bits per heavy atom. The van der Waals surface area contributed by atoms with Crippen LogP contribution in [0, 0.1) is 5.92 Å². The summed E-state index contributed by atoms with van der Waals surface area (Å²) in [6.07, 6.45) is 6.91. The molecule has 6 nitrogen and oxygen atoms in total. The predicted molar refractivity (Wildman–Crippen MR) is 99.1 cm³/mol. The molecule has 2 aliphatic heterocycles. The minimum Gasteiger partial charge on any atom is -0.340 e. The fourth-order valence-corrected chi connectivity index (χ4v) is 3.95. The molecule has 0 bridgehead atoms. The maximum atomic E-state index is 12.6. The number of piperidine rings is 1. The van der Waals surface area contributed by atoms with E-state index in [0.717, 1.165) is 58.1 Å². The number of carbonyl (C=O) groups excluding carboxylic acids is 1. The molecule has 0 atom stereocenters. The van der Waals surface area contributed by atoms with Gasteiger partial charge in [0.15, 0.2) is 0 Å². The first-order chi connectivity index (χ1) is 12.0. The number of hydrogen-bond acceptors (Lipinski definition) is 4. The molecule has 2 saturated heterocycles. The van der Waals surface area contributed by atoms with Crippen molar-refractivity contribution in [3.05, 3.63) is 18.2 Å². The van der Waals surface area contributed by atoms with E-state index in [1.54, 1.807) is 0 Å². The van der Waals surface area contributed by atoms with Gasteiger partial charge in [-0.3, -0.25) is 9.69 Å². The van der Waals surface area contributed by atoms with Crippen molar-refractivity contribution in [2.45, 2.75) is 45.7 Å². The molecule has 6 heteroatoms. The summed E-state index contributed by atoms with van der Waals surface area (Å²) >= 11 is 0. The topological polar surface area (TPSA) is 44.6 Å². The van der Waals surface area contributed by atoms with Crippen LogP contribution in [0.15, 0.2) is 12.4 Å². The third-order valence-electron chi connectivity index (χ3n) is 5.85. The number of piperazine rings is 1. The van der Waals surface area contributed by atoms with Crippen molar-refractivity contribution in [1.82, 2.24) is 24.3 Å². The van der Waals surface area contributed by atoms with Gasteiger partial charge in [0, 0.05) is 58.1 Å². The van der Waals surface area contributed by atoms with Gasteiger partial charge in [0.25, 0.3) is 0 Å². The summed E-state index contributed by atoms with van der Waals surface area (Å²) in [6, 6.07) is 0.628. The average molecular weight is 348 g/mol. The third-order valence-corrected chi connectivity index (χ3v) is 5.85. The summed E-state index contributed by atoms with van der Waals surface area (Å²) < 4.78 is 2.07. The Labute approximate surface area is 151 Å². The Balaban J connectivity index is 1.39. The number of hydrogen-bond donors (Lipinski definition) is 0. The smallest absolute Gasteiger partial charge is 0.222 e. The zero-order valence-corrected chi connectivity index (χ0v) is 16.0. The molecular weight excluding hydrogens is 314 g/mol. The summed E-state index contributed by atoms with van der Waals surface area (Å²) in [6.45, 7) is 11.3. The first kappa shape index (κ1) is 18.4. The van der Waals surface area contributed by atoms with E-state index in [-0.39, 0.29) is 0 Å². The Morgan fingerprint density at radius 2 is 1.84 bits per heavy atom. The number of nitrogens with zero attached hydrogens (tertiary/aromatic N) is 5. The quantitative estimate of drug-likeness (QED) is 0.811. The molecule has 0 radical (unpaired) electrons. The summed E-state index contributed by atoms with van der Waals surface area (Å²) in [5.74, 6) is 2.03. The number of likely N-dealkylation sites (tertiary alicyclic amines) is 1. The Morgan fingerprint density at radius 1 is 1.16 bits per heavy atom. The lowest BCUT2D eigenvalue weighted by Gasteiger charge is -2.37. The van der Waals surface area contributed by atoms with Gasteiger partial charge in [0.2, 0.25) is 5.91 Å². The summed E-state index contributed by atoms with van der Waals surface area (Å²) in [4.78, 5) is 24.0. The molecule has 0 spiro atoms. The number of rotatable bonds is 5. The van der Waals surface area contributed by atoms with Crippen molar-refractivity contribution in [2.75, 3.05) is 39.3 Å². The molecule has 3 heterocycles. The molecule has 0 aliphatic carbocycles. The van der Waals surface area contributed by atoms with E-state index in [9.17, 15) is 4.79 Å². The van der Waals surface area contributed by atoms with E-state index >= 15 is 0 Å². The molecule has 2 fully saturated rings. The van der Waals surface area contributed by atoms with Gasteiger partial charge in [-0.05, 0) is 45.7 Å². The summed E-state index contributed by atoms with van der Waals surface area (Å²) in [7, 11) is 2.03. The number of amides is 1. The van der Waals surface area contributed by atoms with Crippen LogP contribution in [0.1, 0.15) is 38.9 Å². The van der Waals surface area contributed by atoms with E-state index in [1.165, 1.54) is 12.8 Å². The van der Waals surface area contributed by atoms with Crippen LogP contribution in [0.2, 0.25) is 0 Å². The summed E-state index contributed by atoms with van der Waals surface area (Å²) in [5, 5.41) is 0. The van der Waals surface area contributed by atoms with Crippen molar-refractivity contribution in [2.24, 2.45) is 13.0 Å². The molecule has 1 amide bonds. The second kappa shape index (κ2) is 8.32. The maximum absolute atomic E-state index is 12.6. The lowest BCUT2D eigenvalue weighted by molar-refractivity contribution is -0.134. The molecule has 1 aromatic rings.